The van der Waals surface area contributed by atoms with E-state index in [0.717, 1.165) is 11.1 Å². The van der Waals surface area contributed by atoms with Crippen LogP contribution in [0.2, 0.25) is 0 Å². The standard InChI is InChI=1S/C24H24O4S2/c1-17-9-13-19(14-10-17)29(25,26)23-7-4-8-24(22-6-3-5-21(22)23)30(27,28)20-15-11-18(2)12-16-20/h3,5,9-16H,4,6-8H2,1-2H3. The van der Waals surface area contributed by atoms with Crippen LogP contribution in [0.4, 0.5) is 0 Å². The van der Waals surface area contributed by atoms with Crippen molar-refractivity contribution in [2.24, 2.45) is 0 Å². The van der Waals surface area contributed by atoms with E-state index in [1.165, 1.54) is 0 Å². The van der Waals surface area contributed by atoms with E-state index >= 15 is 0 Å². The quantitative estimate of drug-likeness (QED) is 0.655. The van der Waals surface area contributed by atoms with Crippen molar-refractivity contribution in [3.8, 4) is 0 Å². The van der Waals surface area contributed by atoms with Crippen LogP contribution in [0.1, 0.15) is 36.8 Å². The molecule has 0 aromatic heterocycles. The molecule has 0 spiro atoms. The van der Waals surface area contributed by atoms with Gasteiger partial charge >= 0.3 is 0 Å². The highest BCUT2D eigenvalue weighted by molar-refractivity contribution is 7.95. The summed E-state index contributed by atoms with van der Waals surface area (Å²) < 4.78 is 53.6. The van der Waals surface area contributed by atoms with Crippen molar-refractivity contribution in [3.63, 3.8) is 0 Å². The molecule has 0 heterocycles. The Morgan fingerprint density at radius 3 is 1.67 bits per heavy atom. The van der Waals surface area contributed by atoms with Gasteiger partial charge in [0.25, 0.3) is 0 Å². The van der Waals surface area contributed by atoms with Gasteiger partial charge in [-0.05, 0) is 74.9 Å². The first-order valence-corrected chi connectivity index (χ1v) is 12.9. The van der Waals surface area contributed by atoms with Gasteiger partial charge in [-0.1, -0.05) is 47.5 Å². The van der Waals surface area contributed by atoms with Gasteiger partial charge in [0.15, 0.2) is 0 Å². The van der Waals surface area contributed by atoms with Gasteiger partial charge in [0.2, 0.25) is 19.7 Å². The molecule has 0 radical (unpaired) electrons. The zero-order valence-corrected chi connectivity index (χ0v) is 18.7. The van der Waals surface area contributed by atoms with Gasteiger partial charge < -0.3 is 0 Å². The maximum atomic E-state index is 13.4. The van der Waals surface area contributed by atoms with Gasteiger partial charge in [-0.25, -0.2) is 16.8 Å². The molecular formula is C24H24O4S2. The molecule has 2 aromatic rings. The summed E-state index contributed by atoms with van der Waals surface area (Å²) in [6.45, 7) is 3.82. The third-order valence-electron chi connectivity index (χ3n) is 5.69. The SMILES string of the molecule is Cc1ccc(S(=O)(=O)C2=C3C=CCC3=C(S(=O)(=O)c3ccc(C)cc3)CCC2)cc1. The summed E-state index contributed by atoms with van der Waals surface area (Å²) in [5.74, 6) is 0. The van der Waals surface area contributed by atoms with Crippen molar-refractivity contribution in [2.45, 2.75) is 49.3 Å². The normalized spacial score (nSPS) is 17.3. The number of sulfone groups is 2. The van der Waals surface area contributed by atoms with E-state index < -0.39 is 19.7 Å². The molecule has 6 heteroatoms. The van der Waals surface area contributed by atoms with Crippen LogP contribution in [-0.2, 0) is 19.7 Å². The molecule has 4 rings (SSSR count). The zero-order chi connectivity index (χ0) is 21.5. The largest absolute Gasteiger partial charge is 0.219 e. The van der Waals surface area contributed by atoms with Gasteiger partial charge in [-0.3, -0.25) is 0 Å². The van der Waals surface area contributed by atoms with Crippen LogP contribution in [-0.4, -0.2) is 16.8 Å². The molecule has 0 bridgehead atoms. The van der Waals surface area contributed by atoms with Crippen LogP contribution >= 0.6 is 0 Å². The lowest BCUT2D eigenvalue weighted by atomic mass is 10.1. The molecule has 0 saturated carbocycles. The molecule has 0 aliphatic heterocycles. The van der Waals surface area contributed by atoms with Crippen LogP contribution in [0.15, 0.2) is 91.4 Å². The second kappa shape index (κ2) is 7.67. The first-order chi connectivity index (χ1) is 14.2. The van der Waals surface area contributed by atoms with Crippen LogP contribution in [0.5, 0.6) is 0 Å². The summed E-state index contributed by atoms with van der Waals surface area (Å²) in [5.41, 5.74) is 3.15. The second-order valence-corrected chi connectivity index (χ2v) is 11.8. The topological polar surface area (TPSA) is 68.3 Å². The van der Waals surface area contributed by atoms with Crippen molar-refractivity contribution in [3.05, 3.63) is 92.8 Å². The molecule has 0 saturated heterocycles. The summed E-state index contributed by atoms with van der Waals surface area (Å²) in [7, 11) is -7.38. The molecule has 2 aliphatic rings. The highest BCUT2D eigenvalue weighted by Crippen LogP contribution is 2.42. The molecule has 0 amide bonds. The Morgan fingerprint density at radius 1 is 0.667 bits per heavy atom. The number of rotatable bonds is 4. The molecule has 2 aliphatic carbocycles. The summed E-state index contributed by atoms with van der Waals surface area (Å²) in [6, 6.07) is 13.6. The summed E-state index contributed by atoms with van der Waals surface area (Å²) in [6.07, 6.45) is 5.19. The Morgan fingerprint density at radius 2 is 1.13 bits per heavy atom. The number of benzene rings is 2. The van der Waals surface area contributed by atoms with E-state index in [0.29, 0.717) is 46.6 Å². The van der Waals surface area contributed by atoms with Crippen molar-refractivity contribution in [2.75, 3.05) is 0 Å². The summed E-state index contributed by atoms with van der Waals surface area (Å²) in [4.78, 5) is 1.18. The average molecular weight is 441 g/mol. The zero-order valence-electron chi connectivity index (χ0n) is 17.1. The molecule has 0 N–H and O–H groups in total. The van der Waals surface area contributed by atoms with E-state index in [2.05, 4.69) is 0 Å². The molecule has 0 fully saturated rings. The fourth-order valence-electron chi connectivity index (χ4n) is 4.02. The van der Waals surface area contributed by atoms with Gasteiger partial charge in [0.1, 0.15) is 0 Å². The van der Waals surface area contributed by atoms with Crippen LogP contribution in [0.25, 0.3) is 0 Å². The fourth-order valence-corrected chi connectivity index (χ4v) is 7.40. The van der Waals surface area contributed by atoms with Crippen LogP contribution in [0, 0.1) is 13.8 Å². The minimum absolute atomic E-state index is 0.250. The Hall–Kier alpha value is -2.44. The highest BCUT2D eigenvalue weighted by atomic mass is 32.2. The van der Waals surface area contributed by atoms with E-state index in [4.69, 9.17) is 0 Å². The van der Waals surface area contributed by atoms with Crippen molar-refractivity contribution < 1.29 is 16.8 Å². The summed E-state index contributed by atoms with van der Waals surface area (Å²) >= 11 is 0. The Balaban J connectivity index is 1.88. The Kier molecular flexibility index (Phi) is 5.32. The molecule has 2 aromatic carbocycles. The predicted molar refractivity (Wildman–Crippen MR) is 118 cm³/mol. The highest BCUT2D eigenvalue weighted by Gasteiger charge is 2.33. The molecule has 0 unspecified atom stereocenters. The summed E-state index contributed by atoms with van der Waals surface area (Å²) in [5, 5.41) is 0. The molecule has 4 nitrogen and oxygen atoms in total. The van der Waals surface area contributed by atoms with Crippen molar-refractivity contribution >= 4 is 19.7 Å². The predicted octanol–water partition coefficient (Wildman–Crippen LogP) is 5.20. The van der Waals surface area contributed by atoms with Gasteiger partial charge in [-0.15, -0.1) is 0 Å². The fraction of sp³-hybridized carbons (Fsp3) is 0.250. The van der Waals surface area contributed by atoms with E-state index in [1.807, 2.05) is 19.9 Å². The smallest absolute Gasteiger partial charge is 0.203 e. The van der Waals surface area contributed by atoms with E-state index in [1.54, 1.807) is 54.6 Å². The minimum Gasteiger partial charge on any atom is -0.219 e. The number of hydrogen-bond donors (Lipinski definition) is 0. The lowest BCUT2D eigenvalue weighted by Crippen LogP contribution is -2.09. The number of allylic oxidation sites excluding steroid dienone is 6. The van der Waals surface area contributed by atoms with Crippen molar-refractivity contribution in [1.82, 2.24) is 0 Å². The van der Waals surface area contributed by atoms with Gasteiger partial charge in [0.05, 0.1) is 19.6 Å². The third-order valence-corrected chi connectivity index (χ3v) is 9.65. The number of fused-ring (bicyclic) bond motifs is 1. The maximum absolute atomic E-state index is 13.4. The Bertz CT molecular complexity index is 1290. The molecular weight excluding hydrogens is 416 g/mol. The number of aryl methyl sites for hydroxylation is 2. The lowest BCUT2D eigenvalue weighted by molar-refractivity contribution is 0.598. The molecule has 156 valence electrons. The molecule has 30 heavy (non-hydrogen) atoms. The maximum Gasteiger partial charge on any atom is 0.203 e. The van der Waals surface area contributed by atoms with Crippen molar-refractivity contribution in [1.29, 1.82) is 0 Å². The molecule has 0 atom stereocenters. The second-order valence-electron chi connectivity index (χ2n) is 7.83. The Labute approximate surface area is 178 Å². The lowest BCUT2D eigenvalue weighted by Gasteiger charge is -2.13. The van der Waals surface area contributed by atoms with E-state index in [9.17, 15) is 16.8 Å². The van der Waals surface area contributed by atoms with E-state index in [-0.39, 0.29) is 9.79 Å². The average Bonchev–Trinajstić information content (AvgIpc) is 3.09. The number of hydrogen-bond acceptors (Lipinski definition) is 4. The first kappa shape index (κ1) is 20.8. The van der Waals surface area contributed by atoms with Crippen LogP contribution in [0.3, 0.4) is 0 Å². The first-order valence-electron chi connectivity index (χ1n) is 9.97. The van der Waals surface area contributed by atoms with Crippen LogP contribution < -0.4 is 0 Å². The monoisotopic (exact) mass is 440 g/mol. The van der Waals surface area contributed by atoms with Gasteiger partial charge in [0, 0.05) is 0 Å². The third kappa shape index (κ3) is 3.59. The minimum atomic E-state index is -3.70. The van der Waals surface area contributed by atoms with Gasteiger partial charge in [-0.2, -0.15) is 0 Å².